The van der Waals surface area contributed by atoms with Gasteiger partial charge < -0.3 is 19.9 Å². The normalized spacial score (nSPS) is 19.8. The minimum atomic E-state index is -0.728. The number of methoxy groups -OCH3 is 1. The number of halogens is 2. The summed E-state index contributed by atoms with van der Waals surface area (Å²) in [5.41, 5.74) is 2.26. The fraction of sp³-hybridized carbons (Fsp3) is 0.360. The van der Waals surface area contributed by atoms with E-state index in [1.807, 2.05) is 6.07 Å². The Kier molecular flexibility index (Phi) is 7.59. The number of benzene rings is 1. The van der Waals surface area contributed by atoms with Gasteiger partial charge in [0.25, 0.3) is 0 Å². The average molecular weight is 456 g/mol. The monoisotopic (exact) mass is 455 g/mol. The van der Waals surface area contributed by atoms with E-state index in [1.165, 1.54) is 6.07 Å². The maximum absolute atomic E-state index is 13.7. The predicted octanol–water partition coefficient (Wildman–Crippen LogP) is 4.19. The van der Waals surface area contributed by atoms with Crippen LogP contribution in [0.15, 0.2) is 48.7 Å². The molecule has 0 radical (unpaired) electrons. The van der Waals surface area contributed by atoms with Crippen molar-refractivity contribution in [3.8, 4) is 5.88 Å². The summed E-state index contributed by atoms with van der Waals surface area (Å²) < 4.78 is 38.1. The molecule has 33 heavy (non-hydrogen) atoms. The van der Waals surface area contributed by atoms with Crippen molar-refractivity contribution < 1.29 is 23.4 Å². The molecule has 1 aromatic carbocycles. The second-order valence-electron chi connectivity index (χ2n) is 8.08. The van der Waals surface area contributed by atoms with Crippen LogP contribution in [0, 0.1) is 11.6 Å². The topological polar surface area (TPSA) is 76.5 Å². The molecule has 8 heteroatoms. The fourth-order valence-corrected chi connectivity index (χ4v) is 4.00. The molecule has 3 aromatic rings. The van der Waals surface area contributed by atoms with Crippen LogP contribution in [0.4, 0.5) is 8.78 Å². The Balaban J connectivity index is 1.27. The van der Waals surface area contributed by atoms with Gasteiger partial charge in [-0.05, 0) is 43.2 Å². The SMILES string of the molecule is COc1ccc2nccc(C(O)C[C@@H]3CC[C@@H](NC/C=C/c4cc(F)ccc4F)CO3)c2n1. The fourth-order valence-electron chi connectivity index (χ4n) is 4.00. The Morgan fingerprint density at radius 2 is 2.12 bits per heavy atom. The zero-order valence-electron chi connectivity index (χ0n) is 18.4. The molecule has 1 saturated heterocycles. The summed E-state index contributed by atoms with van der Waals surface area (Å²) in [5, 5.41) is 14.2. The maximum atomic E-state index is 13.7. The summed E-state index contributed by atoms with van der Waals surface area (Å²) in [5.74, 6) is -0.445. The number of ether oxygens (including phenoxy) is 2. The summed E-state index contributed by atoms with van der Waals surface area (Å²) in [6.07, 6.45) is 6.36. The first-order chi connectivity index (χ1) is 16.0. The molecule has 0 bridgehead atoms. The molecule has 0 spiro atoms. The number of aromatic nitrogens is 2. The lowest BCUT2D eigenvalue weighted by atomic mass is 9.96. The Bertz CT molecular complexity index is 1120. The van der Waals surface area contributed by atoms with Gasteiger partial charge in [-0.1, -0.05) is 12.2 Å². The molecule has 3 atom stereocenters. The summed E-state index contributed by atoms with van der Waals surface area (Å²) in [4.78, 5) is 8.75. The number of aliphatic hydroxyl groups is 1. The van der Waals surface area contributed by atoms with E-state index >= 15 is 0 Å². The van der Waals surface area contributed by atoms with Crippen LogP contribution in [-0.2, 0) is 4.74 Å². The largest absolute Gasteiger partial charge is 0.481 e. The molecule has 174 valence electrons. The second kappa shape index (κ2) is 10.8. The minimum Gasteiger partial charge on any atom is -0.481 e. The van der Waals surface area contributed by atoms with Gasteiger partial charge in [0.2, 0.25) is 5.88 Å². The van der Waals surface area contributed by atoms with E-state index in [0.29, 0.717) is 42.0 Å². The van der Waals surface area contributed by atoms with Gasteiger partial charge in [0.15, 0.2) is 0 Å². The quantitative estimate of drug-likeness (QED) is 0.531. The molecule has 4 rings (SSSR count). The van der Waals surface area contributed by atoms with Crippen molar-refractivity contribution in [2.45, 2.75) is 37.5 Å². The molecular formula is C25H27F2N3O3. The van der Waals surface area contributed by atoms with E-state index in [9.17, 15) is 13.9 Å². The molecule has 2 N–H and O–H groups in total. The minimum absolute atomic E-state index is 0.0659. The highest BCUT2D eigenvalue weighted by Crippen LogP contribution is 2.29. The van der Waals surface area contributed by atoms with E-state index in [2.05, 4.69) is 15.3 Å². The number of pyridine rings is 2. The number of aliphatic hydroxyl groups excluding tert-OH is 1. The van der Waals surface area contributed by atoms with Gasteiger partial charge in [0.1, 0.15) is 11.6 Å². The van der Waals surface area contributed by atoms with Crippen molar-refractivity contribution in [3.05, 3.63) is 71.4 Å². The lowest BCUT2D eigenvalue weighted by Gasteiger charge is -2.30. The number of fused-ring (bicyclic) bond motifs is 1. The Morgan fingerprint density at radius 3 is 2.91 bits per heavy atom. The molecule has 2 aromatic heterocycles. The summed E-state index contributed by atoms with van der Waals surface area (Å²) >= 11 is 0. The van der Waals surface area contributed by atoms with E-state index < -0.39 is 17.7 Å². The van der Waals surface area contributed by atoms with Gasteiger partial charge in [-0.2, -0.15) is 0 Å². The van der Waals surface area contributed by atoms with Gasteiger partial charge in [0.05, 0.1) is 37.0 Å². The van der Waals surface area contributed by atoms with Crippen LogP contribution in [0.3, 0.4) is 0 Å². The third kappa shape index (κ3) is 5.90. The van der Waals surface area contributed by atoms with Gasteiger partial charge in [-0.15, -0.1) is 0 Å². The van der Waals surface area contributed by atoms with E-state index in [4.69, 9.17) is 9.47 Å². The highest BCUT2D eigenvalue weighted by molar-refractivity contribution is 5.78. The highest BCUT2D eigenvalue weighted by Gasteiger charge is 2.25. The number of hydrogen-bond acceptors (Lipinski definition) is 6. The molecule has 6 nitrogen and oxygen atoms in total. The average Bonchev–Trinajstić information content (AvgIpc) is 2.84. The second-order valence-corrected chi connectivity index (χ2v) is 8.08. The van der Waals surface area contributed by atoms with Crippen LogP contribution in [0.5, 0.6) is 5.88 Å². The summed E-state index contributed by atoms with van der Waals surface area (Å²) in [7, 11) is 1.55. The number of nitrogens with zero attached hydrogens (tertiary/aromatic N) is 2. The van der Waals surface area contributed by atoms with E-state index in [0.717, 1.165) is 25.0 Å². The van der Waals surface area contributed by atoms with Crippen LogP contribution in [-0.4, -0.2) is 47.5 Å². The van der Waals surface area contributed by atoms with Crippen molar-refractivity contribution >= 4 is 17.1 Å². The lowest BCUT2D eigenvalue weighted by molar-refractivity contribution is -0.0288. The van der Waals surface area contributed by atoms with Gasteiger partial charge in [-0.25, -0.2) is 13.8 Å². The first kappa shape index (κ1) is 23.2. The molecule has 1 unspecified atom stereocenters. The molecule has 1 aliphatic rings. The van der Waals surface area contributed by atoms with Crippen LogP contribution in [0.2, 0.25) is 0 Å². The maximum Gasteiger partial charge on any atom is 0.213 e. The third-order valence-electron chi connectivity index (χ3n) is 5.79. The Morgan fingerprint density at radius 1 is 1.24 bits per heavy atom. The molecule has 1 fully saturated rings. The van der Waals surface area contributed by atoms with Crippen molar-refractivity contribution in [2.24, 2.45) is 0 Å². The van der Waals surface area contributed by atoms with Crippen LogP contribution >= 0.6 is 0 Å². The lowest BCUT2D eigenvalue weighted by Crippen LogP contribution is -2.40. The molecule has 1 aliphatic heterocycles. The van der Waals surface area contributed by atoms with Crippen molar-refractivity contribution in [1.82, 2.24) is 15.3 Å². The van der Waals surface area contributed by atoms with Crippen LogP contribution in [0.25, 0.3) is 17.1 Å². The van der Waals surface area contributed by atoms with Gasteiger partial charge in [-0.3, -0.25) is 4.98 Å². The van der Waals surface area contributed by atoms with Crippen molar-refractivity contribution in [2.75, 3.05) is 20.3 Å². The predicted molar refractivity (Wildman–Crippen MR) is 122 cm³/mol. The first-order valence-corrected chi connectivity index (χ1v) is 11.0. The summed E-state index contributed by atoms with van der Waals surface area (Å²) in [6.45, 7) is 1.04. The standard InChI is InChI=1S/C25H27F2N3O3/c1-32-24-9-8-22-25(30-24)20(10-12-29-22)23(31)14-19-6-5-18(15-33-19)28-11-2-3-16-13-17(26)4-7-21(16)27/h2-4,7-10,12-13,18-19,23,28,31H,5-6,11,14-15H2,1H3/b3-2+/t18-,19+,23?/m1/s1. The molecule has 0 saturated carbocycles. The summed E-state index contributed by atoms with van der Waals surface area (Å²) in [6, 6.07) is 8.89. The molecule has 0 aliphatic carbocycles. The highest BCUT2D eigenvalue weighted by atomic mass is 19.1. The van der Waals surface area contributed by atoms with Gasteiger partial charge in [0, 0.05) is 42.4 Å². The smallest absolute Gasteiger partial charge is 0.213 e. The Labute approximate surface area is 191 Å². The number of rotatable bonds is 8. The Hall–Kier alpha value is -2.94. The molecule has 0 amide bonds. The van der Waals surface area contributed by atoms with Crippen LogP contribution in [0.1, 0.15) is 36.5 Å². The number of hydrogen-bond donors (Lipinski definition) is 2. The van der Waals surface area contributed by atoms with E-state index in [1.54, 1.807) is 37.6 Å². The van der Waals surface area contributed by atoms with E-state index in [-0.39, 0.29) is 17.7 Å². The molecule has 3 heterocycles. The molecular weight excluding hydrogens is 428 g/mol. The first-order valence-electron chi connectivity index (χ1n) is 11.0. The zero-order chi connectivity index (χ0) is 23.2. The van der Waals surface area contributed by atoms with Crippen molar-refractivity contribution in [3.63, 3.8) is 0 Å². The zero-order valence-corrected chi connectivity index (χ0v) is 18.4. The number of nitrogens with one attached hydrogen (secondary N) is 1. The van der Waals surface area contributed by atoms with Gasteiger partial charge >= 0.3 is 0 Å². The third-order valence-corrected chi connectivity index (χ3v) is 5.79. The van der Waals surface area contributed by atoms with Crippen molar-refractivity contribution in [1.29, 1.82) is 0 Å². The van der Waals surface area contributed by atoms with Crippen LogP contribution < -0.4 is 10.1 Å².